The second-order valence-corrected chi connectivity index (χ2v) is 6.01. The van der Waals surface area contributed by atoms with Gasteiger partial charge in [-0.1, -0.05) is 50.1 Å². The zero-order valence-corrected chi connectivity index (χ0v) is 14.7. The maximum atomic E-state index is 6.08. The van der Waals surface area contributed by atoms with Gasteiger partial charge < -0.3 is 9.64 Å². The molecule has 0 aliphatic rings. The highest BCUT2D eigenvalue weighted by Crippen LogP contribution is 2.25. The number of hydrogen-bond donors (Lipinski definition) is 0. The molecule has 0 amide bonds. The van der Waals surface area contributed by atoms with E-state index in [0.29, 0.717) is 6.61 Å². The van der Waals surface area contributed by atoms with Crippen LogP contribution in [0.3, 0.4) is 0 Å². The van der Waals surface area contributed by atoms with Crippen LogP contribution in [0.25, 0.3) is 0 Å². The Labute approximate surface area is 139 Å². The van der Waals surface area contributed by atoms with E-state index in [1.54, 1.807) is 0 Å². The van der Waals surface area contributed by atoms with E-state index >= 15 is 0 Å². The van der Waals surface area contributed by atoms with Gasteiger partial charge in [0.1, 0.15) is 6.61 Å². The molecule has 23 heavy (non-hydrogen) atoms. The molecule has 0 spiro atoms. The Balaban J connectivity index is 2.20. The number of unbranched alkanes of at least 4 members (excludes halogenated alkanes) is 2. The quantitative estimate of drug-likeness (QED) is 0.686. The van der Waals surface area contributed by atoms with Crippen molar-refractivity contribution < 1.29 is 4.74 Å². The van der Waals surface area contributed by atoms with Gasteiger partial charge in [0, 0.05) is 14.1 Å². The highest BCUT2D eigenvalue weighted by Gasteiger charge is 2.14. The van der Waals surface area contributed by atoms with Crippen LogP contribution in [-0.4, -0.2) is 24.1 Å². The van der Waals surface area contributed by atoms with Crippen LogP contribution in [-0.2, 0) is 13.0 Å². The van der Waals surface area contributed by atoms with Crippen molar-refractivity contribution in [3.05, 3.63) is 47.3 Å². The number of nitrogens with zero attached hydrogens (tertiary/aromatic N) is 3. The van der Waals surface area contributed by atoms with Crippen LogP contribution < -0.4 is 9.64 Å². The summed E-state index contributed by atoms with van der Waals surface area (Å²) in [6.07, 6.45) is 4.47. The standard InChI is InChI=1S/C19H27N3O/c1-5-6-8-13-17-18(15(2)20-19(21-17)22(3)4)23-14-16-11-9-7-10-12-16/h7,9-12H,5-6,8,13-14H2,1-4H3. The molecule has 1 aromatic carbocycles. The van der Waals surface area contributed by atoms with Crippen molar-refractivity contribution >= 4 is 5.95 Å². The van der Waals surface area contributed by atoms with E-state index in [4.69, 9.17) is 9.72 Å². The van der Waals surface area contributed by atoms with E-state index in [2.05, 4.69) is 24.0 Å². The summed E-state index contributed by atoms with van der Waals surface area (Å²) in [7, 11) is 3.93. The fourth-order valence-electron chi connectivity index (χ4n) is 2.44. The van der Waals surface area contributed by atoms with Gasteiger partial charge in [-0.3, -0.25) is 0 Å². The average molecular weight is 313 g/mol. The topological polar surface area (TPSA) is 38.2 Å². The van der Waals surface area contributed by atoms with Crippen molar-refractivity contribution in [3.8, 4) is 5.75 Å². The molecule has 1 heterocycles. The van der Waals surface area contributed by atoms with Crippen molar-refractivity contribution in [1.29, 1.82) is 0 Å². The van der Waals surface area contributed by atoms with Gasteiger partial charge in [-0.2, -0.15) is 0 Å². The van der Waals surface area contributed by atoms with Gasteiger partial charge in [0.05, 0.1) is 11.4 Å². The van der Waals surface area contributed by atoms with Crippen LogP contribution in [0.5, 0.6) is 5.75 Å². The first-order chi connectivity index (χ1) is 11.1. The third kappa shape index (κ3) is 4.95. The molecule has 1 aromatic heterocycles. The molecule has 0 atom stereocenters. The van der Waals surface area contributed by atoms with Crippen LogP contribution in [0.1, 0.15) is 43.1 Å². The molecule has 0 saturated carbocycles. The Morgan fingerprint density at radius 2 is 1.78 bits per heavy atom. The Bertz CT molecular complexity index is 612. The minimum Gasteiger partial charge on any atom is -0.485 e. The van der Waals surface area contributed by atoms with E-state index < -0.39 is 0 Å². The summed E-state index contributed by atoms with van der Waals surface area (Å²) in [5.41, 5.74) is 3.08. The summed E-state index contributed by atoms with van der Waals surface area (Å²) >= 11 is 0. The van der Waals surface area contributed by atoms with Gasteiger partial charge in [0.25, 0.3) is 0 Å². The summed E-state index contributed by atoms with van der Waals surface area (Å²) in [4.78, 5) is 11.2. The van der Waals surface area contributed by atoms with Crippen LogP contribution in [0.2, 0.25) is 0 Å². The second-order valence-electron chi connectivity index (χ2n) is 6.01. The minimum atomic E-state index is 0.549. The molecule has 2 rings (SSSR count). The van der Waals surface area contributed by atoms with Gasteiger partial charge >= 0.3 is 0 Å². The number of ether oxygens (including phenoxy) is 1. The van der Waals surface area contributed by atoms with Crippen molar-refractivity contribution in [2.45, 2.75) is 46.1 Å². The van der Waals surface area contributed by atoms with Crippen molar-refractivity contribution in [3.63, 3.8) is 0 Å². The number of rotatable bonds is 8. The fraction of sp³-hybridized carbons (Fsp3) is 0.474. The van der Waals surface area contributed by atoms with Gasteiger partial charge in [-0.15, -0.1) is 0 Å². The lowest BCUT2D eigenvalue weighted by Crippen LogP contribution is -2.16. The van der Waals surface area contributed by atoms with E-state index in [0.717, 1.165) is 41.5 Å². The van der Waals surface area contributed by atoms with Gasteiger partial charge in [0.2, 0.25) is 5.95 Å². The first kappa shape index (κ1) is 17.3. The molecule has 0 saturated heterocycles. The van der Waals surface area contributed by atoms with Crippen molar-refractivity contribution in [2.24, 2.45) is 0 Å². The number of benzene rings is 1. The molecule has 4 nitrogen and oxygen atoms in total. The molecule has 0 aliphatic heterocycles. The van der Waals surface area contributed by atoms with Crippen molar-refractivity contribution in [1.82, 2.24) is 9.97 Å². The van der Waals surface area contributed by atoms with Gasteiger partial charge in [-0.25, -0.2) is 9.97 Å². The van der Waals surface area contributed by atoms with E-state index in [-0.39, 0.29) is 0 Å². The molecule has 0 unspecified atom stereocenters. The lowest BCUT2D eigenvalue weighted by atomic mass is 10.1. The van der Waals surface area contributed by atoms with Gasteiger partial charge in [-0.05, 0) is 25.3 Å². The van der Waals surface area contributed by atoms with Crippen LogP contribution >= 0.6 is 0 Å². The van der Waals surface area contributed by atoms with Gasteiger partial charge in [0.15, 0.2) is 5.75 Å². The van der Waals surface area contributed by atoms with Crippen molar-refractivity contribution in [2.75, 3.05) is 19.0 Å². The first-order valence-electron chi connectivity index (χ1n) is 8.33. The molecule has 4 heteroatoms. The zero-order chi connectivity index (χ0) is 16.7. The predicted molar refractivity (Wildman–Crippen MR) is 95.1 cm³/mol. The minimum absolute atomic E-state index is 0.549. The Hall–Kier alpha value is -2.10. The maximum Gasteiger partial charge on any atom is 0.225 e. The molecule has 0 N–H and O–H groups in total. The average Bonchev–Trinajstić information content (AvgIpc) is 2.55. The highest BCUT2D eigenvalue weighted by molar-refractivity contribution is 5.40. The number of hydrogen-bond acceptors (Lipinski definition) is 4. The molecule has 0 fully saturated rings. The third-order valence-electron chi connectivity index (χ3n) is 3.74. The Morgan fingerprint density at radius 3 is 2.43 bits per heavy atom. The summed E-state index contributed by atoms with van der Waals surface area (Å²) in [6.45, 7) is 4.76. The summed E-state index contributed by atoms with van der Waals surface area (Å²) in [5.74, 6) is 1.59. The largest absolute Gasteiger partial charge is 0.485 e. The summed E-state index contributed by atoms with van der Waals surface area (Å²) < 4.78 is 6.08. The molecule has 0 radical (unpaired) electrons. The second kappa shape index (κ2) is 8.51. The maximum absolute atomic E-state index is 6.08. The molecule has 0 bridgehead atoms. The SMILES string of the molecule is CCCCCc1nc(N(C)C)nc(C)c1OCc1ccccc1. The smallest absolute Gasteiger partial charge is 0.225 e. The van der Waals surface area contributed by atoms with E-state index in [1.165, 1.54) is 12.8 Å². The number of aromatic nitrogens is 2. The molecule has 124 valence electrons. The van der Waals surface area contributed by atoms with E-state index in [9.17, 15) is 0 Å². The fourth-order valence-corrected chi connectivity index (χ4v) is 2.44. The molecular formula is C19H27N3O. The lowest BCUT2D eigenvalue weighted by Gasteiger charge is -2.17. The molecular weight excluding hydrogens is 286 g/mol. The zero-order valence-electron chi connectivity index (χ0n) is 14.7. The monoisotopic (exact) mass is 313 g/mol. The lowest BCUT2D eigenvalue weighted by molar-refractivity contribution is 0.297. The number of aryl methyl sites for hydroxylation is 2. The highest BCUT2D eigenvalue weighted by atomic mass is 16.5. The van der Waals surface area contributed by atoms with Crippen LogP contribution in [0.4, 0.5) is 5.95 Å². The molecule has 2 aromatic rings. The summed E-state index contributed by atoms with van der Waals surface area (Å²) in [5, 5.41) is 0. The van der Waals surface area contributed by atoms with Crippen LogP contribution in [0.15, 0.2) is 30.3 Å². The summed E-state index contributed by atoms with van der Waals surface area (Å²) in [6, 6.07) is 10.2. The van der Waals surface area contributed by atoms with E-state index in [1.807, 2.05) is 44.1 Å². The van der Waals surface area contributed by atoms with Crippen LogP contribution in [0, 0.1) is 6.92 Å². The Kier molecular flexibility index (Phi) is 6.39. The number of anilines is 1. The normalized spacial score (nSPS) is 10.6. The first-order valence-corrected chi connectivity index (χ1v) is 8.33. The molecule has 0 aliphatic carbocycles. The Morgan fingerprint density at radius 1 is 1.04 bits per heavy atom. The third-order valence-corrected chi connectivity index (χ3v) is 3.74. The predicted octanol–water partition coefficient (Wildman–Crippen LogP) is 4.16.